The minimum absolute atomic E-state index is 0.00487. The zero-order chi connectivity index (χ0) is 17.0. The Morgan fingerprint density at radius 1 is 1.46 bits per heavy atom. The molecule has 24 heavy (non-hydrogen) atoms. The highest BCUT2D eigenvalue weighted by Gasteiger charge is 2.36. The third-order valence-corrected chi connectivity index (χ3v) is 3.61. The fourth-order valence-corrected chi connectivity index (χ4v) is 2.44. The van der Waals surface area contributed by atoms with Crippen molar-refractivity contribution in [2.24, 2.45) is 0 Å². The smallest absolute Gasteiger partial charge is 0.276 e. The summed E-state index contributed by atoms with van der Waals surface area (Å²) in [4.78, 5) is 13.8. The van der Waals surface area contributed by atoms with Crippen molar-refractivity contribution < 1.29 is 28.3 Å². The van der Waals surface area contributed by atoms with Crippen molar-refractivity contribution in [2.45, 2.75) is 5.60 Å². The van der Waals surface area contributed by atoms with Gasteiger partial charge in [-0.25, -0.2) is 4.39 Å². The number of carbonyl (C=O) groups excluding carboxylic acids is 1. The summed E-state index contributed by atoms with van der Waals surface area (Å²) >= 11 is 0. The lowest BCUT2D eigenvalue weighted by atomic mass is 10.1. The van der Waals surface area contributed by atoms with E-state index in [1.807, 2.05) is 0 Å². The van der Waals surface area contributed by atoms with E-state index < -0.39 is 11.4 Å². The molecule has 128 valence electrons. The second-order valence-electron chi connectivity index (χ2n) is 5.63. The summed E-state index contributed by atoms with van der Waals surface area (Å²) in [6, 6.07) is 7.07. The minimum Gasteiger partial charge on any atom is -0.490 e. The molecular formula is C16H17FN2O5. The van der Waals surface area contributed by atoms with Crippen LogP contribution in [-0.4, -0.2) is 59.6 Å². The summed E-state index contributed by atoms with van der Waals surface area (Å²) in [5, 5.41) is 14.3. The summed E-state index contributed by atoms with van der Waals surface area (Å²) in [5.41, 5.74) is -1.26. The van der Waals surface area contributed by atoms with Crippen LogP contribution in [0.15, 0.2) is 41.1 Å². The molecule has 2 aromatic rings. The Hall–Kier alpha value is -2.45. The SMILES string of the molecule is O=C(c1ccon1)N1CCOC[C@](O)(COc2cccc(F)c2)C1. The molecule has 0 spiro atoms. The van der Waals surface area contributed by atoms with Gasteiger partial charge >= 0.3 is 0 Å². The standard InChI is InChI=1S/C16H17FN2O5/c17-12-2-1-3-13(8-12)23-11-16(21)9-19(5-7-22-10-16)15(20)14-4-6-24-18-14/h1-4,6,8,21H,5,7,9-11H2/t16-/m0/s1. The lowest BCUT2D eigenvalue weighted by Gasteiger charge is -2.30. The first-order valence-corrected chi connectivity index (χ1v) is 7.44. The van der Waals surface area contributed by atoms with E-state index in [0.29, 0.717) is 12.3 Å². The van der Waals surface area contributed by atoms with Gasteiger partial charge in [0.25, 0.3) is 5.91 Å². The Balaban J connectivity index is 1.67. The number of ether oxygens (including phenoxy) is 2. The molecule has 1 aliphatic rings. The first-order valence-electron chi connectivity index (χ1n) is 7.44. The van der Waals surface area contributed by atoms with Gasteiger partial charge in [-0.3, -0.25) is 4.79 Å². The van der Waals surface area contributed by atoms with Crippen LogP contribution in [0.1, 0.15) is 10.5 Å². The van der Waals surface area contributed by atoms with Crippen LogP contribution in [-0.2, 0) is 4.74 Å². The van der Waals surface area contributed by atoms with Crippen molar-refractivity contribution in [2.75, 3.05) is 32.9 Å². The molecule has 0 bridgehead atoms. The van der Waals surface area contributed by atoms with Gasteiger partial charge in [-0.15, -0.1) is 0 Å². The van der Waals surface area contributed by atoms with Gasteiger partial charge in [0.05, 0.1) is 19.8 Å². The average Bonchev–Trinajstić information content (AvgIpc) is 3.03. The van der Waals surface area contributed by atoms with Crippen molar-refractivity contribution in [3.8, 4) is 5.75 Å². The van der Waals surface area contributed by atoms with Crippen LogP contribution >= 0.6 is 0 Å². The number of amides is 1. The van der Waals surface area contributed by atoms with Crippen LogP contribution in [0.3, 0.4) is 0 Å². The number of rotatable bonds is 4. The third kappa shape index (κ3) is 3.90. The Labute approximate surface area is 137 Å². The number of β-amino-alcohol motifs (C(OH)–C–C–N with tert-alkyl or cyclic N) is 1. The van der Waals surface area contributed by atoms with Crippen molar-refractivity contribution in [1.82, 2.24) is 10.1 Å². The Bertz CT molecular complexity index is 694. The molecule has 1 atom stereocenters. The topological polar surface area (TPSA) is 85.0 Å². The number of benzene rings is 1. The molecule has 1 aromatic carbocycles. The van der Waals surface area contributed by atoms with Crippen LogP contribution in [0.2, 0.25) is 0 Å². The van der Waals surface area contributed by atoms with Gasteiger partial charge < -0.3 is 24.0 Å². The van der Waals surface area contributed by atoms with E-state index in [2.05, 4.69) is 9.68 Å². The van der Waals surface area contributed by atoms with Crippen LogP contribution in [0.5, 0.6) is 5.75 Å². The van der Waals surface area contributed by atoms with Crippen LogP contribution in [0, 0.1) is 5.82 Å². The molecule has 1 aromatic heterocycles. The van der Waals surface area contributed by atoms with Crippen molar-refractivity contribution >= 4 is 5.91 Å². The van der Waals surface area contributed by atoms with Crippen molar-refractivity contribution in [1.29, 1.82) is 0 Å². The average molecular weight is 336 g/mol. The molecule has 1 fully saturated rings. The lowest BCUT2D eigenvalue weighted by molar-refractivity contribution is -0.0622. The molecule has 0 aliphatic carbocycles. The van der Waals surface area contributed by atoms with E-state index in [9.17, 15) is 14.3 Å². The predicted molar refractivity (Wildman–Crippen MR) is 80.1 cm³/mol. The monoisotopic (exact) mass is 336 g/mol. The first-order chi connectivity index (χ1) is 11.6. The molecule has 0 saturated carbocycles. The van der Waals surface area contributed by atoms with E-state index >= 15 is 0 Å². The molecule has 8 heteroatoms. The second-order valence-corrected chi connectivity index (χ2v) is 5.63. The molecule has 1 amide bonds. The van der Waals surface area contributed by atoms with Gasteiger partial charge in [-0.1, -0.05) is 11.2 Å². The number of hydrogen-bond acceptors (Lipinski definition) is 6. The van der Waals surface area contributed by atoms with Gasteiger partial charge in [0.1, 0.15) is 30.0 Å². The molecule has 1 saturated heterocycles. The maximum Gasteiger partial charge on any atom is 0.276 e. The molecule has 1 N–H and O–H groups in total. The molecule has 0 unspecified atom stereocenters. The fraction of sp³-hybridized carbons (Fsp3) is 0.375. The zero-order valence-corrected chi connectivity index (χ0v) is 12.9. The summed E-state index contributed by atoms with van der Waals surface area (Å²) < 4.78 is 28.7. The van der Waals surface area contributed by atoms with Crippen LogP contribution in [0.25, 0.3) is 0 Å². The van der Waals surface area contributed by atoms with E-state index in [1.165, 1.54) is 35.4 Å². The number of halogens is 1. The minimum atomic E-state index is -1.41. The van der Waals surface area contributed by atoms with Gasteiger partial charge in [-0.2, -0.15) is 0 Å². The van der Waals surface area contributed by atoms with Crippen LogP contribution in [0.4, 0.5) is 4.39 Å². The van der Waals surface area contributed by atoms with Gasteiger partial charge in [-0.05, 0) is 12.1 Å². The predicted octanol–water partition coefficient (Wildman–Crippen LogP) is 1.10. The first kappa shape index (κ1) is 16.4. The van der Waals surface area contributed by atoms with Crippen LogP contribution < -0.4 is 4.74 Å². The van der Waals surface area contributed by atoms with E-state index in [-0.39, 0.29) is 38.0 Å². The van der Waals surface area contributed by atoms with Crippen molar-refractivity contribution in [3.05, 3.63) is 48.1 Å². The summed E-state index contributed by atoms with van der Waals surface area (Å²) in [5.74, 6) is -0.500. The largest absolute Gasteiger partial charge is 0.490 e. The molecule has 2 heterocycles. The highest BCUT2D eigenvalue weighted by molar-refractivity contribution is 5.92. The number of aromatic nitrogens is 1. The maximum absolute atomic E-state index is 13.2. The van der Waals surface area contributed by atoms with Gasteiger partial charge in [0, 0.05) is 18.7 Å². The number of hydrogen-bond donors (Lipinski definition) is 1. The molecular weight excluding hydrogens is 319 g/mol. The highest BCUT2D eigenvalue weighted by Crippen LogP contribution is 2.18. The Morgan fingerprint density at radius 3 is 3.08 bits per heavy atom. The van der Waals surface area contributed by atoms with E-state index in [4.69, 9.17) is 9.47 Å². The zero-order valence-electron chi connectivity index (χ0n) is 12.9. The van der Waals surface area contributed by atoms with E-state index in [1.54, 1.807) is 6.07 Å². The van der Waals surface area contributed by atoms with Crippen molar-refractivity contribution in [3.63, 3.8) is 0 Å². The molecule has 1 aliphatic heterocycles. The summed E-state index contributed by atoms with van der Waals surface area (Å²) in [6.45, 7) is 0.470. The fourth-order valence-electron chi connectivity index (χ4n) is 2.44. The highest BCUT2D eigenvalue weighted by atomic mass is 19.1. The number of carbonyl (C=O) groups is 1. The number of nitrogens with zero attached hydrogens (tertiary/aromatic N) is 2. The second kappa shape index (κ2) is 6.98. The summed E-state index contributed by atoms with van der Waals surface area (Å²) in [7, 11) is 0. The normalized spacial score (nSPS) is 21.3. The van der Waals surface area contributed by atoms with E-state index in [0.717, 1.165) is 0 Å². The molecule has 7 nitrogen and oxygen atoms in total. The molecule has 3 rings (SSSR count). The maximum atomic E-state index is 13.2. The summed E-state index contributed by atoms with van der Waals surface area (Å²) in [6.07, 6.45) is 1.31. The third-order valence-electron chi connectivity index (χ3n) is 3.61. The Kier molecular flexibility index (Phi) is 4.77. The Morgan fingerprint density at radius 2 is 2.33 bits per heavy atom. The van der Waals surface area contributed by atoms with Gasteiger partial charge in [0.2, 0.25) is 0 Å². The van der Waals surface area contributed by atoms with Gasteiger partial charge in [0.15, 0.2) is 5.69 Å². The molecule has 0 radical (unpaired) electrons. The lowest BCUT2D eigenvalue weighted by Crippen LogP contribution is -2.50. The number of aliphatic hydroxyl groups is 1. The quantitative estimate of drug-likeness (QED) is 0.900.